The molecule has 0 radical (unpaired) electrons. The van der Waals surface area contributed by atoms with Gasteiger partial charge in [0.2, 0.25) is 5.91 Å². The van der Waals surface area contributed by atoms with Crippen molar-refractivity contribution in [2.45, 2.75) is 52.5 Å². The molecule has 0 saturated carbocycles. The summed E-state index contributed by atoms with van der Waals surface area (Å²) >= 11 is 0. The van der Waals surface area contributed by atoms with Crippen LogP contribution in [0.4, 0.5) is 0 Å². The molecule has 0 aromatic heterocycles. The lowest BCUT2D eigenvalue weighted by Crippen LogP contribution is -2.56. The molecule has 1 heterocycles. The highest BCUT2D eigenvalue weighted by Crippen LogP contribution is 2.25. The lowest BCUT2D eigenvalue weighted by atomic mass is 9.92. The molecule has 1 aliphatic heterocycles. The van der Waals surface area contributed by atoms with Crippen LogP contribution in [0.5, 0.6) is 0 Å². The molecule has 0 aromatic rings. The predicted octanol–water partition coefficient (Wildman–Crippen LogP) is 1.94. The third-order valence-corrected chi connectivity index (χ3v) is 2.26. The van der Waals surface area contributed by atoms with Crippen molar-refractivity contribution < 1.29 is 4.79 Å². The fourth-order valence-electron chi connectivity index (χ4n) is 1.66. The van der Waals surface area contributed by atoms with Gasteiger partial charge in [-0.15, -0.1) is 0 Å². The van der Waals surface area contributed by atoms with Crippen molar-refractivity contribution in [3.8, 4) is 0 Å². The smallest absolute Gasteiger partial charge is 0.237 e. The Morgan fingerprint density at radius 2 is 1.92 bits per heavy atom. The normalized spacial score (nSPS) is 20.7. The largest absolute Gasteiger partial charge is 0.273 e. The lowest BCUT2D eigenvalue weighted by molar-refractivity contribution is -0.144. The van der Waals surface area contributed by atoms with E-state index in [1.54, 1.807) is 12.1 Å². The van der Waals surface area contributed by atoms with Crippen molar-refractivity contribution in [2.75, 3.05) is 7.05 Å². The average Bonchev–Trinajstić information content (AvgIpc) is 2.07. The Labute approximate surface area is 81.5 Å². The van der Waals surface area contributed by atoms with Crippen LogP contribution in [-0.4, -0.2) is 23.5 Å². The SMILES string of the molecule is CC.CNN1C(=O)CCCC1(C)C. The molecule has 1 N–H and O–H groups in total. The van der Waals surface area contributed by atoms with Gasteiger partial charge in [-0.25, -0.2) is 5.43 Å². The van der Waals surface area contributed by atoms with Crippen LogP contribution in [0.1, 0.15) is 47.0 Å². The van der Waals surface area contributed by atoms with E-state index in [1.165, 1.54) is 0 Å². The van der Waals surface area contributed by atoms with Gasteiger partial charge in [-0.05, 0) is 26.7 Å². The number of hydrogen-bond donors (Lipinski definition) is 1. The summed E-state index contributed by atoms with van der Waals surface area (Å²) in [5.74, 6) is 0.212. The van der Waals surface area contributed by atoms with E-state index in [4.69, 9.17) is 0 Å². The topological polar surface area (TPSA) is 32.3 Å². The first-order chi connectivity index (χ1) is 6.08. The molecule has 1 fully saturated rings. The first-order valence-corrected chi connectivity index (χ1v) is 5.08. The van der Waals surface area contributed by atoms with Crippen LogP contribution < -0.4 is 5.43 Å². The summed E-state index contributed by atoms with van der Waals surface area (Å²) in [5, 5.41) is 1.73. The Balaban J connectivity index is 0.000000671. The molecular formula is C10H22N2O. The number of piperidine rings is 1. The van der Waals surface area contributed by atoms with Gasteiger partial charge in [0.05, 0.1) is 5.54 Å². The molecule has 78 valence electrons. The summed E-state index contributed by atoms with van der Waals surface area (Å²) < 4.78 is 0. The van der Waals surface area contributed by atoms with Crippen LogP contribution in [-0.2, 0) is 4.79 Å². The Morgan fingerprint density at radius 1 is 1.38 bits per heavy atom. The van der Waals surface area contributed by atoms with Crippen molar-refractivity contribution in [3.63, 3.8) is 0 Å². The van der Waals surface area contributed by atoms with Crippen molar-refractivity contribution in [2.24, 2.45) is 0 Å². The zero-order valence-electron chi connectivity index (χ0n) is 9.48. The second kappa shape index (κ2) is 5.22. The van der Waals surface area contributed by atoms with Crippen LogP contribution in [0.25, 0.3) is 0 Å². The lowest BCUT2D eigenvalue weighted by Gasteiger charge is -2.41. The number of nitrogens with zero attached hydrogens (tertiary/aromatic N) is 1. The summed E-state index contributed by atoms with van der Waals surface area (Å²) in [6, 6.07) is 0. The molecule has 3 heteroatoms. The highest BCUT2D eigenvalue weighted by molar-refractivity contribution is 5.77. The van der Waals surface area contributed by atoms with Crippen LogP contribution in [0.3, 0.4) is 0 Å². The van der Waals surface area contributed by atoms with Gasteiger partial charge >= 0.3 is 0 Å². The summed E-state index contributed by atoms with van der Waals surface area (Å²) in [7, 11) is 1.80. The molecule has 0 spiro atoms. The Hall–Kier alpha value is -0.570. The number of carbonyl (C=O) groups excluding carboxylic acids is 1. The number of carbonyl (C=O) groups is 1. The van der Waals surface area contributed by atoms with E-state index in [2.05, 4.69) is 19.3 Å². The summed E-state index contributed by atoms with van der Waals surface area (Å²) in [6.45, 7) is 8.17. The molecular weight excluding hydrogens is 164 g/mol. The van der Waals surface area contributed by atoms with E-state index in [9.17, 15) is 4.79 Å². The molecule has 3 nitrogen and oxygen atoms in total. The monoisotopic (exact) mass is 186 g/mol. The van der Waals surface area contributed by atoms with Crippen LogP contribution in [0, 0.1) is 0 Å². The molecule has 0 unspecified atom stereocenters. The number of rotatable bonds is 1. The molecule has 0 aliphatic carbocycles. The highest BCUT2D eigenvalue weighted by Gasteiger charge is 2.33. The minimum absolute atomic E-state index is 0.00984. The van der Waals surface area contributed by atoms with Crippen LogP contribution in [0.2, 0.25) is 0 Å². The van der Waals surface area contributed by atoms with Crippen molar-refractivity contribution in [1.29, 1.82) is 0 Å². The zero-order valence-corrected chi connectivity index (χ0v) is 9.48. The second-order valence-electron chi connectivity index (χ2n) is 3.62. The fourth-order valence-corrected chi connectivity index (χ4v) is 1.66. The highest BCUT2D eigenvalue weighted by atomic mass is 16.2. The number of hydrogen-bond acceptors (Lipinski definition) is 2. The van der Waals surface area contributed by atoms with Crippen LogP contribution in [0.15, 0.2) is 0 Å². The average molecular weight is 186 g/mol. The van der Waals surface area contributed by atoms with E-state index in [1.807, 2.05) is 13.8 Å². The summed E-state index contributed by atoms with van der Waals surface area (Å²) in [5.41, 5.74) is 2.92. The summed E-state index contributed by atoms with van der Waals surface area (Å²) in [4.78, 5) is 11.3. The summed E-state index contributed by atoms with van der Waals surface area (Å²) in [6.07, 6.45) is 2.79. The molecule has 0 atom stereocenters. The van der Waals surface area contributed by atoms with E-state index >= 15 is 0 Å². The van der Waals surface area contributed by atoms with E-state index in [0.29, 0.717) is 6.42 Å². The van der Waals surface area contributed by atoms with E-state index < -0.39 is 0 Å². The van der Waals surface area contributed by atoms with Gasteiger partial charge < -0.3 is 0 Å². The minimum Gasteiger partial charge on any atom is -0.273 e. The van der Waals surface area contributed by atoms with Gasteiger partial charge in [-0.1, -0.05) is 13.8 Å². The van der Waals surface area contributed by atoms with Gasteiger partial charge in [0.15, 0.2) is 0 Å². The molecule has 1 amide bonds. The van der Waals surface area contributed by atoms with E-state index in [0.717, 1.165) is 12.8 Å². The van der Waals surface area contributed by atoms with Gasteiger partial charge in [0, 0.05) is 13.5 Å². The Morgan fingerprint density at radius 3 is 2.23 bits per heavy atom. The van der Waals surface area contributed by atoms with Gasteiger partial charge in [-0.3, -0.25) is 9.80 Å². The standard InChI is InChI=1S/C8H16N2O.C2H6/c1-8(2)6-4-5-7(11)10(8)9-3;1-2/h9H,4-6H2,1-3H3;1-2H3. The molecule has 1 rings (SSSR count). The number of amides is 1. The quantitative estimate of drug-likeness (QED) is 0.678. The first kappa shape index (κ1) is 12.4. The van der Waals surface area contributed by atoms with Gasteiger partial charge in [-0.2, -0.15) is 0 Å². The van der Waals surface area contributed by atoms with Gasteiger partial charge in [0.25, 0.3) is 0 Å². The Bertz CT molecular complexity index is 166. The fraction of sp³-hybridized carbons (Fsp3) is 0.900. The maximum atomic E-state index is 11.3. The maximum Gasteiger partial charge on any atom is 0.237 e. The minimum atomic E-state index is -0.00984. The first-order valence-electron chi connectivity index (χ1n) is 5.08. The van der Waals surface area contributed by atoms with Crippen molar-refractivity contribution in [3.05, 3.63) is 0 Å². The molecule has 1 saturated heterocycles. The maximum absolute atomic E-state index is 11.3. The van der Waals surface area contributed by atoms with Crippen molar-refractivity contribution >= 4 is 5.91 Å². The van der Waals surface area contributed by atoms with Crippen LogP contribution >= 0.6 is 0 Å². The third kappa shape index (κ3) is 2.99. The Kier molecular flexibility index (Phi) is 4.99. The molecule has 0 bridgehead atoms. The van der Waals surface area contributed by atoms with Crippen molar-refractivity contribution in [1.82, 2.24) is 10.4 Å². The third-order valence-electron chi connectivity index (χ3n) is 2.26. The number of hydrazine groups is 1. The van der Waals surface area contributed by atoms with Gasteiger partial charge in [0.1, 0.15) is 0 Å². The molecule has 1 aliphatic rings. The predicted molar refractivity (Wildman–Crippen MR) is 55.2 cm³/mol. The number of nitrogens with one attached hydrogen (secondary N) is 1. The zero-order chi connectivity index (χ0) is 10.5. The molecule has 0 aromatic carbocycles. The van der Waals surface area contributed by atoms with E-state index in [-0.39, 0.29) is 11.4 Å². The second-order valence-corrected chi connectivity index (χ2v) is 3.62. The molecule has 13 heavy (non-hydrogen) atoms.